The second kappa shape index (κ2) is 6.73. The fraction of sp³-hybridized carbons (Fsp3) is 0.200. The van der Waals surface area contributed by atoms with Gasteiger partial charge in [0, 0.05) is 11.3 Å². The highest BCUT2D eigenvalue weighted by Crippen LogP contribution is 2.42. The molecule has 11 heteroatoms. The second-order valence-corrected chi connectivity index (χ2v) is 5.22. The van der Waals surface area contributed by atoms with Gasteiger partial charge in [-0.2, -0.15) is 0 Å². The first kappa shape index (κ1) is 19.3. The van der Waals surface area contributed by atoms with E-state index in [1.165, 1.54) is 0 Å². The number of alkyl halides is 1. The van der Waals surface area contributed by atoms with Crippen molar-refractivity contribution in [3.05, 3.63) is 57.2 Å². The third kappa shape index (κ3) is 2.78. The second-order valence-electron chi connectivity index (χ2n) is 5.22. The standard InChI is InChI=1S/C15H9F6NO4/c1-3-5(14(23)24)7(6(15(25)26)4(2-16)22-3)8-9(17)11(19)13(21)12(20)10(8)18/h7,22H,2H2,1H3,(H,23,24)(H,25,26). The normalized spacial score (nSPS) is 17.4. The molecule has 0 fully saturated rings. The predicted molar refractivity (Wildman–Crippen MR) is 73.1 cm³/mol. The summed E-state index contributed by atoms with van der Waals surface area (Å²) in [5.41, 5.74) is -5.05. The highest BCUT2D eigenvalue weighted by atomic mass is 19.2. The van der Waals surface area contributed by atoms with E-state index in [1.54, 1.807) is 0 Å². The van der Waals surface area contributed by atoms with Crippen LogP contribution in [0.5, 0.6) is 0 Å². The third-order valence-corrected chi connectivity index (χ3v) is 3.77. The van der Waals surface area contributed by atoms with E-state index in [4.69, 9.17) is 0 Å². The van der Waals surface area contributed by atoms with Crippen molar-refractivity contribution in [2.75, 3.05) is 6.67 Å². The molecule has 0 saturated heterocycles. The summed E-state index contributed by atoms with van der Waals surface area (Å²) in [7, 11) is 0. The van der Waals surface area contributed by atoms with Gasteiger partial charge in [-0.25, -0.2) is 35.9 Å². The molecule has 0 saturated carbocycles. The number of aliphatic carboxylic acids is 2. The molecular weight excluding hydrogens is 372 g/mol. The molecule has 0 amide bonds. The lowest BCUT2D eigenvalue weighted by Crippen LogP contribution is -2.34. The molecule has 1 aromatic rings. The Bertz CT molecular complexity index is 864. The molecule has 0 aliphatic carbocycles. The number of carboxylic acid groups (broad SMARTS) is 2. The van der Waals surface area contributed by atoms with Gasteiger partial charge in [0.2, 0.25) is 5.82 Å². The van der Waals surface area contributed by atoms with Crippen molar-refractivity contribution in [3.63, 3.8) is 0 Å². The molecule has 0 aromatic heterocycles. The maximum Gasteiger partial charge on any atom is 0.334 e. The maximum absolute atomic E-state index is 14.2. The topological polar surface area (TPSA) is 86.6 Å². The van der Waals surface area contributed by atoms with E-state index in [1.807, 2.05) is 0 Å². The molecule has 2 rings (SSSR count). The summed E-state index contributed by atoms with van der Waals surface area (Å²) in [5.74, 6) is -18.4. The number of rotatable bonds is 4. The summed E-state index contributed by atoms with van der Waals surface area (Å²) in [4.78, 5) is 22.9. The van der Waals surface area contributed by atoms with Crippen LogP contribution >= 0.6 is 0 Å². The minimum absolute atomic E-state index is 0.413. The van der Waals surface area contributed by atoms with Crippen LogP contribution in [0.4, 0.5) is 26.3 Å². The zero-order valence-corrected chi connectivity index (χ0v) is 12.8. The lowest BCUT2D eigenvalue weighted by Gasteiger charge is -2.29. The number of benzene rings is 1. The SMILES string of the molecule is CC1=C(C(=O)O)C(c2c(F)c(F)c(F)c(F)c2F)C(C(=O)O)=C(CF)N1. The molecule has 1 aliphatic heterocycles. The molecule has 0 spiro atoms. The van der Waals surface area contributed by atoms with Crippen LogP contribution in [0, 0.1) is 29.1 Å². The van der Waals surface area contributed by atoms with Crippen molar-refractivity contribution in [2.45, 2.75) is 12.8 Å². The first-order valence-corrected chi connectivity index (χ1v) is 6.79. The fourth-order valence-electron chi connectivity index (χ4n) is 2.70. The highest BCUT2D eigenvalue weighted by Gasteiger charge is 2.42. The molecule has 0 bridgehead atoms. The lowest BCUT2D eigenvalue weighted by atomic mass is 9.79. The van der Waals surface area contributed by atoms with Gasteiger partial charge >= 0.3 is 11.9 Å². The molecule has 140 valence electrons. The van der Waals surface area contributed by atoms with Gasteiger partial charge in [0.15, 0.2) is 23.3 Å². The van der Waals surface area contributed by atoms with Crippen molar-refractivity contribution in [2.24, 2.45) is 0 Å². The van der Waals surface area contributed by atoms with Crippen LogP contribution in [0.3, 0.4) is 0 Å². The van der Waals surface area contributed by atoms with Gasteiger partial charge in [0.25, 0.3) is 0 Å². The van der Waals surface area contributed by atoms with Crippen LogP contribution in [-0.4, -0.2) is 28.8 Å². The van der Waals surface area contributed by atoms with Crippen LogP contribution in [0.15, 0.2) is 22.5 Å². The number of hydrogen-bond acceptors (Lipinski definition) is 3. The molecule has 0 radical (unpaired) electrons. The van der Waals surface area contributed by atoms with E-state index in [9.17, 15) is 46.1 Å². The van der Waals surface area contributed by atoms with Gasteiger partial charge in [-0.15, -0.1) is 0 Å². The Hall–Kier alpha value is -2.98. The lowest BCUT2D eigenvalue weighted by molar-refractivity contribution is -0.133. The molecule has 1 aliphatic rings. The Kier molecular flexibility index (Phi) is 5.01. The fourth-order valence-corrected chi connectivity index (χ4v) is 2.70. The number of halogens is 6. The van der Waals surface area contributed by atoms with E-state index < -0.39 is 81.7 Å². The van der Waals surface area contributed by atoms with Gasteiger partial charge in [-0.1, -0.05) is 0 Å². The summed E-state index contributed by atoms with van der Waals surface area (Å²) in [6, 6.07) is 0. The highest BCUT2D eigenvalue weighted by molar-refractivity contribution is 5.98. The number of nitrogens with one attached hydrogen (secondary N) is 1. The van der Waals surface area contributed by atoms with Crippen molar-refractivity contribution in [1.82, 2.24) is 5.32 Å². The van der Waals surface area contributed by atoms with Crippen LogP contribution in [0.2, 0.25) is 0 Å². The number of allylic oxidation sites excluding steroid dienone is 2. The van der Waals surface area contributed by atoms with E-state index in [0.717, 1.165) is 6.92 Å². The Morgan fingerprint density at radius 3 is 1.69 bits per heavy atom. The Morgan fingerprint density at radius 2 is 1.31 bits per heavy atom. The molecule has 1 heterocycles. The van der Waals surface area contributed by atoms with Crippen molar-refractivity contribution in [3.8, 4) is 0 Å². The van der Waals surface area contributed by atoms with Crippen LogP contribution in [0.1, 0.15) is 18.4 Å². The monoisotopic (exact) mass is 381 g/mol. The number of carbonyl (C=O) groups is 2. The van der Waals surface area contributed by atoms with Crippen molar-refractivity contribution >= 4 is 11.9 Å². The molecule has 3 N–H and O–H groups in total. The van der Waals surface area contributed by atoms with E-state index in [-0.39, 0.29) is 0 Å². The maximum atomic E-state index is 14.2. The minimum Gasteiger partial charge on any atom is -0.478 e. The summed E-state index contributed by atoms with van der Waals surface area (Å²) < 4.78 is 81.7. The molecular formula is C15H9F6NO4. The van der Waals surface area contributed by atoms with Crippen LogP contribution in [-0.2, 0) is 9.59 Å². The average molecular weight is 381 g/mol. The Balaban J connectivity index is 2.98. The Morgan fingerprint density at radius 1 is 0.885 bits per heavy atom. The molecule has 1 unspecified atom stereocenters. The van der Waals surface area contributed by atoms with Gasteiger partial charge in [0.05, 0.1) is 22.8 Å². The Labute approximate surface area is 141 Å². The molecule has 5 nitrogen and oxygen atoms in total. The summed E-state index contributed by atoms with van der Waals surface area (Å²) in [6.45, 7) is -0.492. The molecule has 26 heavy (non-hydrogen) atoms. The third-order valence-electron chi connectivity index (χ3n) is 3.77. The van der Waals surface area contributed by atoms with Crippen molar-refractivity contribution < 1.29 is 46.1 Å². The number of hydrogen-bond donors (Lipinski definition) is 3. The van der Waals surface area contributed by atoms with E-state index >= 15 is 0 Å². The van der Waals surface area contributed by atoms with Crippen LogP contribution in [0.25, 0.3) is 0 Å². The van der Waals surface area contributed by atoms with Gasteiger partial charge < -0.3 is 15.5 Å². The minimum atomic E-state index is -2.50. The smallest absolute Gasteiger partial charge is 0.334 e. The number of carboxylic acids is 2. The zero-order valence-electron chi connectivity index (χ0n) is 12.8. The quantitative estimate of drug-likeness (QED) is 0.424. The van der Waals surface area contributed by atoms with Gasteiger partial charge in [-0.05, 0) is 6.92 Å². The summed E-state index contributed by atoms with van der Waals surface area (Å²) in [5, 5.41) is 20.6. The zero-order chi connectivity index (χ0) is 19.9. The first-order chi connectivity index (χ1) is 12.0. The first-order valence-electron chi connectivity index (χ1n) is 6.79. The predicted octanol–water partition coefficient (Wildman–Crippen LogP) is 2.74. The molecule has 1 aromatic carbocycles. The van der Waals surface area contributed by atoms with Gasteiger partial charge in [-0.3, -0.25) is 0 Å². The van der Waals surface area contributed by atoms with Gasteiger partial charge in [0.1, 0.15) is 6.67 Å². The summed E-state index contributed by atoms with van der Waals surface area (Å²) in [6.07, 6.45) is 0. The molecule has 1 atom stereocenters. The van der Waals surface area contributed by atoms with Crippen molar-refractivity contribution in [1.29, 1.82) is 0 Å². The largest absolute Gasteiger partial charge is 0.478 e. The van der Waals surface area contributed by atoms with Crippen LogP contribution < -0.4 is 5.32 Å². The number of dihydropyridines is 1. The van der Waals surface area contributed by atoms with E-state index in [2.05, 4.69) is 5.32 Å². The average Bonchev–Trinajstić information content (AvgIpc) is 2.57. The van der Waals surface area contributed by atoms with E-state index in [0.29, 0.717) is 0 Å². The summed E-state index contributed by atoms with van der Waals surface area (Å²) >= 11 is 0.